The van der Waals surface area contributed by atoms with Crippen LogP contribution in [0.2, 0.25) is 0 Å². The molecule has 0 heterocycles. The van der Waals surface area contributed by atoms with E-state index in [1.54, 1.807) is 0 Å². The summed E-state index contributed by atoms with van der Waals surface area (Å²) in [5.41, 5.74) is 0. The number of hydrogen-bond donors (Lipinski definition) is 0. The molecule has 0 amide bonds. The first-order valence-electron chi connectivity index (χ1n) is 1.84. The van der Waals surface area contributed by atoms with Gasteiger partial charge in [0.25, 0.3) is 0 Å². The first-order valence-corrected chi connectivity index (χ1v) is 7.57. The van der Waals surface area contributed by atoms with Gasteiger partial charge < -0.3 is 0 Å². The van der Waals surface area contributed by atoms with Gasteiger partial charge in [0.15, 0.2) is 0 Å². The summed E-state index contributed by atoms with van der Waals surface area (Å²) >= 11 is -12.2. The minimum absolute atomic E-state index is 0. The molecule has 0 saturated carbocycles. The minimum atomic E-state index is -4.08. The number of hydrogen-bond acceptors (Lipinski definition) is 9. The fraction of sp³-hybridized carbons (Fsp3) is 0. The summed E-state index contributed by atoms with van der Waals surface area (Å²) in [5, 5.41) is 0. The SMILES string of the molecule is [Lu+3].[Lu+3].[O]=[Ti]([O-])[O-].[O]=[Ti]([O-])[O-].[O]=[Ti]([O-])[O-]. The number of rotatable bonds is 0. The molecule has 0 saturated heterocycles. The third-order valence-corrected chi connectivity index (χ3v) is 0. The summed E-state index contributed by atoms with van der Waals surface area (Å²) in [6, 6.07) is 0. The van der Waals surface area contributed by atoms with E-state index in [2.05, 4.69) is 0 Å². The van der Waals surface area contributed by atoms with Gasteiger partial charge in [-0.2, -0.15) is 0 Å². The molecule has 0 aromatic rings. The summed E-state index contributed by atoms with van der Waals surface area (Å²) in [5.74, 6) is 0. The zero-order chi connectivity index (χ0) is 10.7. The molecule has 9 nitrogen and oxygen atoms in total. The fourth-order valence-corrected chi connectivity index (χ4v) is 0. The second-order valence-electron chi connectivity index (χ2n) is 0.750. The Balaban J connectivity index is -0.0000000270. The van der Waals surface area contributed by atoms with E-state index < -0.39 is 55.8 Å². The molecule has 0 unspecified atom stereocenters. The molecule has 0 aliphatic carbocycles. The van der Waals surface area contributed by atoms with E-state index in [9.17, 15) is 0 Å². The van der Waals surface area contributed by atoms with Crippen LogP contribution in [0.4, 0.5) is 0 Å². The van der Waals surface area contributed by atoms with Gasteiger partial charge in [-0.25, -0.2) is 0 Å². The third kappa shape index (κ3) is 242. The molecule has 0 N–H and O–H groups in total. The molecule has 0 radical (unpaired) electrons. The summed E-state index contributed by atoms with van der Waals surface area (Å²) in [7, 11) is 0. The Morgan fingerprint density at radius 1 is 0.500 bits per heavy atom. The Hall–Kier alpha value is 3.77. The van der Waals surface area contributed by atoms with Crippen LogP contribution in [0.15, 0.2) is 0 Å². The molecule has 14 heavy (non-hydrogen) atoms. The topological polar surface area (TPSA) is 190 Å². The molecule has 0 aliphatic heterocycles. The van der Waals surface area contributed by atoms with Gasteiger partial charge in [-0.3, -0.25) is 0 Å². The zero-order valence-corrected chi connectivity index (χ0v) is 13.7. The summed E-state index contributed by atoms with van der Waals surface area (Å²) in [4.78, 5) is 0. The van der Waals surface area contributed by atoms with Crippen molar-refractivity contribution in [3.63, 3.8) is 0 Å². The van der Waals surface area contributed by atoms with Crippen molar-refractivity contribution in [2.45, 2.75) is 0 Å². The maximum atomic E-state index is 8.58. The quantitative estimate of drug-likeness (QED) is 0.232. The third-order valence-electron chi connectivity index (χ3n) is 0. The van der Waals surface area contributed by atoms with Crippen LogP contribution >= 0.6 is 0 Å². The molecule has 0 spiro atoms. The van der Waals surface area contributed by atoms with Crippen LogP contribution in [-0.2, 0) is 65.8 Å². The van der Waals surface area contributed by atoms with E-state index in [0.717, 1.165) is 0 Å². The van der Waals surface area contributed by atoms with Crippen LogP contribution in [0, 0.1) is 73.7 Å². The Labute approximate surface area is 158 Å². The normalized spacial score (nSPS) is 5.57. The van der Waals surface area contributed by atoms with E-state index in [0.29, 0.717) is 0 Å². The van der Waals surface area contributed by atoms with Crippen LogP contribution in [0.3, 0.4) is 0 Å². The molecule has 0 fully saturated rings. The van der Waals surface area contributed by atoms with Crippen LogP contribution < -0.4 is 22.1 Å². The van der Waals surface area contributed by atoms with E-state index in [1.165, 1.54) is 0 Å². The molecule has 14 heteroatoms. The molecular weight excluding hydrogens is 638 g/mol. The first kappa shape index (κ1) is 30.6. The van der Waals surface area contributed by atoms with Gasteiger partial charge in [0.1, 0.15) is 0 Å². The van der Waals surface area contributed by atoms with Crippen LogP contribution in [0.5, 0.6) is 0 Å². The monoisotopic (exact) mass is 638 g/mol. The Morgan fingerprint density at radius 2 is 0.500 bits per heavy atom. The van der Waals surface area contributed by atoms with Gasteiger partial charge in [-0.1, -0.05) is 0 Å². The van der Waals surface area contributed by atoms with Gasteiger partial charge in [0, 0.05) is 0 Å². The van der Waals surface area contributed by atoms with Crippen molar-refractivity contribution in [2.24, 2.45) is 0 Å². The molecule has 0 rings (SSSR count). The van der Waals surface area contributed by atoms with Crippen LogP contribution in [-0.4, -0.2) is 0 Å². The first-order chi connectivity index (χ1) is 5.20. The standard InChI is InChI=1S/2Lu.9O.3Ti/q2*+3;;;;6*-1;;;. The van der Waals surface area contributed by atoms with Crippen molar-refractivity contribution in [2.75, 3.05) is 0 Å². The van der Waals surface area contributed by atoms with Gasteiger partial charge in [0.2, 0.25) is 0 Å². The summed E-state index contributed by atoms with van der Waals surface area (Å²) in [6.45, 7) is 0. The van der Waals surface area contributed by atoms with Crippen molar-refractivity contribution < 1.29 is 162 Å². The van der Waals surface area contributed by atoms with Gasteiger partial charge >= 0.3 is 162 Å². The Kier molecular flexibility index (Phi) is 56.0. The fourth-order valence-electron chi connectivity index (χ4n) is 0. The second kappa shape index (κ2) is 25.6. The molecule has 0 aromatic carbocycles. The molecular formula is Lu2O9Ti3. The average Bonchev–Trinajstić information content (AvgIpc) is 1.54. The van der Waals surface area contributed by atoms with Crippen LogP contribution in [0.1, 0.15) is 0 Å². The van der Waals surface area contributed by atoms with Gasteiger partial charge in [-0.15, -0.1) is 0 Å². The van der Waals surface area contributed by atoms with Crippen molar-refractivity contribution in [1.29, 1.82) is 0 Å². The van der Waals surface area contributed by atoms with Crippen molar-refractivity contribution in [3.05, 3.63) is 0 Å². The predicted octanol–water partition coefficient (Wildman–Crippen LogP) is -7.50. The Morgan fingerprint density at radius 3 is 0.500 bits per heavy atom. The van der Waals surface area contributed by atoms with Crippen molar-refractivity contribution in [1.82, 2.24) is 0 Å². The zero-order valence-electron chi connectivity index (χ0n) is 5.69. The summed E-state index contributed by atoms with van der Waals surface area (Å²) < 4.78 is 77.2. The molecule has 0 bridgehead atoms. The van der Waals surface area contributed by atoms with E-state index >= 15 is 0 Å². The molecule has 0 aromatic heterocycles. The van der Waals surface area contributed by atoms with E-state index in [4.69, 9.17) is 32.1 Å². The van der Waals surface area contributed by atoms with E-state index in [1.807, 2.05) is 0 Å². The summed E-state index contributed by atoms with van der Waals surface area (Å²) in [6.07, 6.45) is 0. The maximum absolute atomic E-state index is 8.58. The van der Waals surface area contributed by atoms with E-state index in [-0.39, 0.29) is 73.7 Å². The average molecular weight is 638 g/mol. The second-order valence-corrected chi connectivity index (χ2v) is 3.09. The molecule has 0 aliphatic rings. The van der Waals surface area contributed by atoms with Crippen molar-refractivity contribution >= 4 is 0 Å². The van der Waals surface area contributed by atoms with Gasteiger partial charge in [0.05, 0.1) is 0 Å². The molecule has 0 atom stereocenters. The molecule has 96 valence electrons. The predicted molar refractivity (Wildman–Crippen MR) is 2.06 cm³/mol. The van der Waals surface area contributed by atoms with Gasteiger partial charge in [-0.05, 0) is 0 Å². The van der Waals surface area contributed by atoms with Crippen molar-refractivity contribution in [3.8, 4) is 0 Å². The Bertz CT molecular complexity index is 116. The van der Waals surface area contributed by atoms with Crippen LogP contribution in [0.25, 0.3) is 0 Å².